The lowest BCUT2D eigenvalue weighted by molar-refractivity contribution is 0.0726. The fraction of sp³-hybridized carbons (Fsp3) is 0.611. The molecule has 0 heterocycles. The van der Waals surface area contributed by atoms with Crippen molar-refractivity contribution in [2.75, 3.05) is 13.1 Å². The predicted octanol–water partition coefficient (Wildman–Crippen LogP) is 2.77. The minimum Gasteiger partial charge on any atom is -0.445 e. The molecule has 1 amide bonds. The van der Waals surface area contributed by atoms with Crippen LogP contribution in [0.2, 0.25) is 0 Å². The summed E-state index contributed by atoms with van der Waals surface area (Å²) in [6.07, 6.45) is 0.506. The van der Waals surface area contributed by atoms with Crippen LogP contribution >= 0.6 is 0 Å². The van der Waals surface area contributed by atoms with Crippen LogP contribution in [0.15, 0.2) is 30.3 Å². The van der Waals surface area contributed by atoms with Gasteiger partial charge in [0.2, 0.25) is 0 Å². The van der Waals surface area contributed by atoms with Crippen LogP contribution in [-0.2, 0) is 11.3 Å². The number of aliphatic hydroxyl groups is 1. The van der Waals surface area contributed by atoms with E-state index in [1.807, 2.05) is 51.1 Å². The molecule has 0 saturated carbocycles. The molecule has 0 unspecified atom stereocenters. The van der Waals surface area contributed by atoms with Crippen LogP contribution in [0.5, 0.6) is 0 Å². The van der Waals surface area contributed by atoms with E-state index in [0.717, 1.165) is 12.0 Å². The second-order valence-electron chi connectivity index (χ2n) is 6.36. The van der Waals surface area contributed by atoms with E-state index < -0.39 is 12.1 Å². The number of nitrogens with zero attached hydrogens (tertiary/aromatic N) is 1. The van der Waals surface area contributed by atoms with E-state index in [9.17, 15) is 9.90 Å². The third-order valence-electron chi connectivity index (χ3n) is 3.56. The third-order valence-corrected chi connectivity index (χ3v) is 3.56. The first kappa shape index (κ1) is 19.5. The van der Waals surface area contributed by atoms with E-state index in [-0.39, 0.29) is 12.7 Å². The van der Waals surface area contributed by atoms with Crippen molar-refractivity contribution in [1.29, 1.82) is 0 Å². The summed E-state index contributed by atoms with van der Waals surface area (Å²) in [6.45, 7) is 7.15. The first-order valence-corrected chi connectivity index (χ1v) is 8.33. The number of carbonyl (C=O) groups excluding carboxylic acids is 1. The molecule has 0 spiro atoms. The van der Waals surface area contributed by atoms with Crippen molar-refractivity contribution in [1.82, 2.24) is 4.90 Å². The lowest BCUT2D eigenvalue weighted by atomic mass is 10.1. The fourth-order valence-electron chi connectivity index (χ4n) is 2.36. The first-order valence-electron chi connectivity index (χ1n) is 8.33. The van der Waals surface area contributed by atoms with Gasteiger partial charge in [0.05, 0.1) is 6.10 Å². The number of amides is 1. The second-order valence-corrected chi connectivity index (χ2v) is 6.36. The zero-order chi connectivity index (χ0) is 17.2. The highest BCUT2D eigenvalue weighted by Gasteiger charge is 2.23. The maximum Gasteiger partial charge on any atom is 0.410 e. The van der Waals surface area contributed by atoms with E-state index in [0.29, 0.717) is 25.4 Å². The Kier molecular flexibility index (Phi) is 8.66. The van der Waals surface area contributed by atoms with Gasteiger partial charge in [-0.1, -0.05) is 57.5 Å². The Morgan fingerprint density at radius 1 is 1.26 bits per heavy atom. The maximum atomic E-state index is 12.3. The monoisotopic (exact) mass is 322 g/mol. The van der Waals surface area contributed by atoms with Crippen molar-refractivity contribution >= 4 is 6.09 Å². The second kappa shape index (κ2) is 10.2. The largest absolute Gasteiger partial charge is 0.445 e. The number of ether oxygens (including phenoxy) is 1. The van der Waals surface area contributed by atoms with Gasteiger partial charge in [-0.25, -0.2) is 4.79 Å². The SMILES string of the molecule is CCC[C@H](O)[C@@H](N)CN(CC(C)C)C(=O)OCc1ccccc1. The molecule has 0 aromatic heterocycles. The third kappa shape index (κ3) is 7.48. The van der Waals surface area contributed by atoms with Crippen molar-refractivity contribution in [3.63, 3.8) is 0 Å². The van der Waals surface area contributed by atoms with Crippen molar-refractivity contribution in [2.45, 2.75) is 52.4 Å². The molecule has 0 aliphatic heterocycles. The number of aliphatic hydroxyl groups excluding tert-OH is 1. The predicted molar refractivity (Wildman–Crippen MR) is 91.9 cm³/mol. The van der Waals surface area contributed by atoms with Crippen LogP contribution in [0.1, 0.15) is 39.2 Å². The first-order chi connectivity index (χ1) is 10.9. The Balaban J connectivity index is 2.59. The fourth-order valence-corrected chi connectivity index (χ4v) is 2.36. The molecule has 23 heavy (non-hydrogen) atoms. The van der Waals surface area contributed by atoms with Gasteiger partial charge in [0.15, 0.2) is 0 Å². The lowest BCUT2D eigenvalue weighted by Gasteiger charge is -2.28. The van der Waals surface area contributed by atoms with E-state index >= 15 is 0 Å². The van der Waals surface area contributed by atoms with Crippen molar-refractivity contribution < 1.29 is 14.6 Å². The molecule has 0 bridgehead atoms. The summed E-state index contributed by atoms with van der Waals surface area (Å²) in [6, 6.07) is 9.11. The number of carbonyl (C=O) groups is 1. The van der Waals surface area contributed by atoms with Crippen molar-refractivity contribution in [3.05, 3.63) is 35.9 Å². The Morgan fingerprint density at radius 2 is 1.91 bits per heavy atom. The zero-order valence-electron chi connectivity index (χ0n) is 14.4. The molecule has 0 aliphatic carbocycles. The average molecular weight is 322 g/mol. The van der Waals surface area contributed by atoms with Crippen LogP contribution in [0.25, 0.3) is 0 Å². The maximum absolute atomic E-state index is 12.3. The van der Waals surface area contributed by atoms with Gasteiger partial charge in [-0.2, -0.15) is 0 Å². The highest BCUT2D eigenvalue weighted by molar-refractivity contribution is 5.67. The molecule has 1 aromatic carbocycles. The summed E-state index contributed by atoms with van der Waals surface area (Å²) in [4.78, 5) is 13.9. The normalized spacial score (nSPS) is 13.7. The smallest absolute Gasteiger partial charge is 0.410 e. The van der Waals surface area contributed by atoms with E-state index in [2.05, 4.69) is 0 Å². The summed E-state index contributed by atoms with van der Waals surface area (Å²) < 4.78 is 5.38. The van der Waals surface area contributed by atoms with Gasteiger partial charge >= 0.3 is 6.09 Å². The van der Waals surface area contributed by atoms with E-state index in [4.69, 9.17) is 10.5 Å². The minimum absolute atomic E-state index is 0.237. The number of nitrogens with two attached hydrogens (primary N) is 1. The molecule has 3 N–H and O–H groups in total. The molecule has 0 radical (unpaired) electrons. The molecule has 2 atom stereocenters. The molecule has 0 aliphatic rings. The summed E-state index contributed by atoms with van der Waals surface area (Å²) in [5.41, 5.74) is 6.97. The summed E-state index contributed by atoms with van der Waals surface area (Å²) in [7, 11) is 0. The molecule has 1 rings (SSSR count). The Morgan fingerprint density at radius 3 is 2.48 bits per heavy atom. The van der Waals surface area contributed by atoms with E-state index in [1.165, 1.54) is 0 Å². The molecular formula is C18H30N2O3. The Hall–Kier alpha value is -1.59. The highest BCUT2D eigenvalue weighted by Crippen LogP contribution is 2.09. The zero-order valence-corrected chi connectivity index (χ0v) is 14.4. The number of hydrogen-bond donors (Lipinski definition) is 2. The highest BCUT2D eigenvalue weighted by atomic mass is 16.6. The molecular weight excluding hydrogens is 292 g/mol. The van der Waals surface area contributed by atoms with Crippen LogP contribution in [0, 0.1) is 5.92 Å². The van der Waals surface area contributed by atoms with Gasteiger partial charge < -0.3 is 20.5 Å². The summed E-state index contributed by atoms with van der Waals surface area (Å²) in [5, 5.41) is 9.99. The molecule has 5 heteroatoms. The standard InChI is InChI=1S/C18H30N2O3/c1-4-8-17(21)16(19)12-20(11-14(2)3)18(22)23-13-15-9-6-5-7-10-15/h5-7,9-10,14,16-17,21H,4,8,11-13,19H2,1-3H3/t16-,17-/m0/s1. The average Bonchev–Trinajstić information content (AvgIpc) is 2.52. The minimum atomic E-state index is -0.600. The molecule has 0 saturated heterocycles. The Labute approximate surface area is 139 Å². The van der Waals surface area contributed by atoms with Gasteiger partial charge in [0.25, 0.3) is 0 Å². The van der Waals surface area contributed by atoms with Crippen molar-refractivity contribution in [2.24, 2.45) is 11.7 Å². The van der Waals surface area contributed by atoms with Crippen LogP contribution in [0.3, 0.4) is 0 Å². The summed E-state index contributed by atoms with van der Waals surface area (Å²) in [5.74, 6) is 0.301. The van der Waals surface area contributed by atoms with Gasteiger partial charge in [0, 0.05) is 19.1 Å². The van der Waals surface area contributed by atoms with Gasteiger partial charge in [-0.05, 0) is 17.9 Å². The topological polar surface area (TPSA) is 75.8 Å². The molecule has 0 fully saturated rings. The quantitative estimate of drug-likeness (QED) is 0.733. The number of rotatable bonds is 9. The van der Waals surface area contributed by atoms with Crippen molar-refractivity contribution in [3.8, 4) is 0 Å². The lowest BCUT2D eigenvalue weighted by Crippen LogP contribution is -2.48. The number of hydrogen-bond acceptors (Lipinski definition) is 4. The van der Waals surface area contributed by atoms with Gasteiger partial charge in [0.1, 0.15) is 6.61 Å². The molecule has 130 valence electrons. The summed E-state index contributed by atoms with van der Waals surface area (Å²) >= 11 is 0. The van der Waals surface area contributed by atoms with Gasteiger partial charge in [-0.3, -0.25) is 0 Å². The van der Waals surface area contributed by atoms with E-state index in [1.54, 1.807) is 4.90 Å². The number of benzene rings is 1. The van der Waals surface area contributed by atoms with Crippen LogP contribution < -0.4 is 5.73 Å². The molecule has 1 aromatic rings. The Bertz CT molecular complexity index is 451. The molecule has 5 nitrogen and oxygen atoms in total. The van der Waals surface area contributed by atoms with Gasteiger partial charge in [-0.15, -0.1) is 0 Å². The van der Waals surface area contributed by atoms with Crippen LogP contribution in [-0.4, -0.2) is 41.3 Å². The van der Waals surface area contributed by atoms with Crippen LogP contribution in [0.4, 0.5) is 4.79 Å².